The van der Waals surface area contributed by atoms with Crippen molar-refractivity contribution in [3.05, 3.63) is 59.2 Å². The molecule has 0 unspecified atom stereocenters. The van der Waals surface area contributed by atoms with Gasteiger partial charge in [0.05, 0.1) is 12.1 Å². The maximum Gasteiger partial charge on any atom is 0.153 e. The summed E-state index contributed by atoms with van der Waals surface area (Å²) in [7, 11) is 1.99. The minimum atomic E-state index is -0.226. The molecular weight excluding hydrogens is 301 g/mol. The van der Waals surface area contributed by atoms with Crippen LogP contribution in [-0.2, 0) is 13.1 Å². The molecule has 0 aliphatic heterocycles. The largest absolute Gasteiger partial charge is 0.354 e. The van der Waals surface area contributed by atoms with E-state index in [0.717, 1.165) is 22.6 Å². The van der Waals surface area contributed by atoms with Gasteiger partial charge in [-0.2, -0.15) is 0 Å². The Labute approximate surface area is 141 Å². The fourth-order valence-corrected chi connectivity index (χ4v) is 3.08. The quantitative estimate of drug-likeness (QED) is 0.676. The minimum absolute atomic E-state index is 0.226. The number of benzene rings is 1. The maximum atomic E-state index is 13.1. The van der Waals surface area contributed by atoms with E-state index in [1.165, 1.54) is 23.1 Å². The third kappa shape index (κ3) is 2.74. The zero-order valence-corrected chi connectivity index (χ0v) is 14.2. The number of anilines is 1. The molecule has 1 aromatic carbocycles. The van der Waals surface area contributed by atoms with Gasteiger partial charge in [-0.25, -0.2) is 9.37 Å². The Hall–Kier alpha value is -2.80. The number of hydrogen-bond acceptors (Lipinski definition) is 2. The zero-order valence-electron chi connectivity index (χ0n) is 14.2. The molecule has 0 N–H and O–H groups in total. The van der Waals surface area contributed by atoms with Crippen LogP contribution in [0.1, 0.15) is 16.8 Å². The van der Waals surface area contributed by atoms with E-state index in [0.29, 0.717) is 13.1 Å². The molecule has 0 saturated heterocycles. The fraction of sp³-hybridized carbons (Fsp3) is 0.250. The highest BCUT2D eigenvalue weighted by Gasteiger charge is 2.17. The molecule has 0 aliphatic carbocycles. The summed E-state index contributed by atoms with van der Waals surface area (Å²) < 4.78 is 15.2. The number of nitrogens with zero attached hydrogens (tertiary/aromatic N) is 3. The van der Waals surface area contributed by atoms with Crippen LogP contribution in [0.15, 0.2) is 36.5 Å². The summed E-state index contributed by atoms with van der Waals surface area (Å²) in [6, 6.07) is 8.57. The van der Waals surface area contributed by atoms with Crippen LogP contribution in [0.3, 0.4) is 0 Å². The van der Waals surface area contributed by atoms with E-state index < -0.39 is 0 Å². The first-order chi connectivity index (χ1) is 11.5. The van der Waals surface area contributed by atoms with Crippen LogP contribution in [0.4, 0.5) is 10.2 Å². The van der Waals surface area contributed by atoms with Crippen molar-refractivity contribution in [1.82, 2.24) is 9.55 Å². The first kappa shape index (κ1) is 16.1. The highest BCUT2D eigenvalue weighted by Crippen LogP contribution is 2.31. The molecule has 3 rings (SSSR count). The lowest BCUT2D eigenvalue weighted by atomic mass is 10.2. The highest BCUT2D eigenvalue weighted by molar-refractivity contribution is 5.93. The molecule has 0 aliphatic rings. The summed E-state index contributed by atoms with van der Waals surface area (Å²) in [4.78, 5) is 6.65. The predicted molar refractivity (Wildman–Crippen MR) is 96.5 cm³/mol. The molecule has 24 heavy (non-hydrogen) atoms. The number of terminal acetylenes is 1. The number of fused-ring (bicyclic) bond motifs is 1. The topological polar surface area (TPSA) is 21.1 Å². The van der Waals surface area contributed by atoms with Crippen molar-refractivity contribution < 1.29 is 4.39 Å². The zero-order chi connectivity index (χ0) is 17.3. The van der Waals surface area contributed by atoms with Crippen LogP contribution in [0.5, 0.6) is 0 Å². The summed E-state index contributed by atoms with van der Waals surface area (Å²) in [5.74, 6) is 3.38. The summed E-state index contributed by atoms with van der Waals surface area (Å²) in [6.45, 7) is 5.34. The van der Waals surface area contributed by atoms with Crippen LogP contribution in [0.2, 0.25) is 0 Å². The lowest BCUT2D eigenvalue weighted by Crippen LogP contribution is -2.19. The van der Waals surface area contributed by atoms with E-state index >= 15 is 0 Å². The third-order valence-corrected chi connectivity index (χ3v) is 4.47. The van der Waals surface area contributed by atoms with E-state index in [2.05, 4.69) is 34.2 Å². The number of aryl methyl sites for hydroxylation is 1. The van der Waals surface area contributed by atoms with Crippen molar-refractivity contribution in [3.8, 4) is 12.3 Å². The van der Waals surface area contributed by atoms with Gasteiger partial charge in [0, 0.05) is 30.9 Å². The molecular formula is C20H20FN3. The van der Waals surface area contributed by atoms with Gasteiger partial charge in [-0.15, -0.1) is 6.42 Å². The van der Waals surface area contributed by atoms with Crippen molar-refractivity contribution >= 4 is 16.7 Å². The van der Waals surface area contributed by atoms with Gasteiger partial charge in [0.15, 0.2) is 5.82 Å². The van der Waals surface area contributed by atoms with Crippen LogP contribution in [0, 0.1) is 32.0 Å². The highest BCUT2D eigenvalue weighted by atomic mass is 19.1. The van der Waals surface area contributed by atoms with Gasteiger partial charge in [-0.05, 0) is 43.2 Å². The van der Waals surface area contributed by atoms with Crippen molar-refractivity contribution in [2.45, 2.75) is 26.9 Å². The number of pyridine rings is 1. The molecule has 0 spiro atoms. The number of halogens is 1. The summed E-state index contributed by atoms with van der Waals surface area (Å²) in [5.41, 5.74) is 4.46. The van der Waals surface area contributed by atoms with E-state index in [1.54, 1.807) is 12.1 Å². The number of hydrogen-bond donors (Lipinski definition) is 0. The van der Waals surface area contributed by atoms with E-state index in [-0.39, 0.29) is 5.82 Å². The average molecular weight is 321 g/mol. The molecule has 2 aromatic heterocycles. The van der Waals surface area contributed by atoms with Gasteiger partial charge in [-0.1, -0.05) is 18.1 Å². The standard InChI is InChI=1S/C20H20FN3/c1-5-12-24-15(3)14(2)18-10-11-22-20(19(18)24)23(4)13-16-6-8-17(21)9-7-16/h1,6-11H,12-13H2,2-4H3. The molecule has 0 atom stereocenters. The Balaban J connectivity index is 2.07. The molecule has 2 heterocycles. The average Bonchev–Trinajstić information content (AvgIpc) is 2.82. The lowest BCUT2D eigenvalue weighted by Gasteiger charge is -2.20. The Morgan fingerprint density at radius 2 is 1.92 bits per heavy atom. The van der Waals surface area contributed by atoms with Gasteiger partial charge in [0.25, 0.3) is 0 Å². The molecule has 122 valence electrons. The van der Waals surface area contributed by atoms with E-state index in [4.69, 9.17) is 6.42 Å². The maximum absolute atomic E-state index is 13.1. The van der Waals surface area contributed by atoms with Gasteiger partial charge < -0.3 is 9.47 Å². The lowest BCUT2D eigenvalue weighted by molar-refractivity contribution is 0.627. The van der Waals surface area contributed by atoms with Crippen LogP contribution in [-0.4, -0.2) is 16.6 Å². The van der Waals surface area contributed by atoms with Crippen molar-refractivity contribution in [2.24, 2.45) is 0 Å². The van der Waals surface area contributed by atoms with Gasteiger partial charge in [0.1, 0.15) is 5.82 Å². The summed E-state index contributed by atoms with van der Waals surface area (Å²) in [6.07, 6.45) is 7.38. The fourth-order valence-electron chi connectivity index (χ4n) is 3.08. The summed E-state index contributed by atoms with van der Waals surface area (Å²) in [5, 5.41) is 1.17. The molecule has 0 saturated carbocycles. The Morgan fingerprint density at radius 3 is 2.58 bits per heavy atom. The molecule has 0 amide bonds. The van der Waals surface area contributed by atoms with Crippen molar-refractivity contribution in [3.63, 3.8) is 0 Å². The summed E-state index contributed by atoms with van der Waals surface area (Å²) >= 11 is 0. The van der Waals surface area contributed by atoms with Crippen LogP contribution in [0.25, 0.3) is 10.9 Å². The molecule has 3 aromatic rings. The first-order valence-electron chi connectivity index (χ1n) is 7.86. The second kappa shape index (κ2) is 6.37. The van der Waals surface area contributed by atoms with Gasteiger partial charge in [-0.3, -0.25) is 0 Å². The molecule has 0 fully saturated rings. The predicted octanol–water partition coefficient (Wildman–Crippen LogP) is 4.06. The SMILES string of the molecule is C#CCn1c(C)c(C)c2ccnc(N(C)Cc3ccc(F)cc3)c21. The second-order valence-electron chi connectivity index (χ2n) is 6.01. The second-order valence-corrected chi connectivity index (χ2v) is 6.01. The number of aromatic nitrogens is 2. The minimum Gasteiger partial charge on any atom is -0.354 e. The smallest absolute Gasteiger partial charge is 0.153 e. The Morgan fingerprint density at radius 1 is 1.21 bits per heavy atom. The van der Waals surface area contributed by atoms with E-state index in [9.17, 15) is 4.39 Å². The molecule has 3 nitrogen and oxygen atoms in total. The molecule has 0 bridgehead atoms. The monoisotopic (exact) mass is 321 g/mol. The first-order valence-corrected chi connectivity index (χ1v) is 7.86. The van der Waals surface area contributed by atoms with Gasteiger partial charge in [0.2, 0.25) is 0 Å². The molecule has 4 heteroatoms. The van der Waals surface area contributed by atoms with Crippen molar-refractivity contribution in [1.29, 1.82) is 0 Å². The number of rotatable bonds is 4. The van der Waals surface area contributed by atoms with Gasteiger partial charge >= 0.3 is 0 Å². The van der Waals surface area contributed by atoms with Crippen LogP contribution < -0.4 is 4.90 Å². The van der Waals surface area contributed by atoms with Crippen LogP contribution >= 0.6 is 0 Å². The third-order valence-electron chi connectivity index (χ3n) is 4.47. The van der Waals surface area contributed by atoms with E-state index in [1.807, 2.05) is 19.3 Å². The Bertz CT molecular complexity index is 917. The Kier molecular flexibility index (Phi) is 4.26. The normalized spacial score (nSPS) is 10.8. The molecule has 0 radical (unpaired) electrons. The van der Waals surface area contributed by atoms with Crippen molar-refractivity contribution in [2.75, 3.05) is 11.9 Å².